The lowest BCUT2D eigenvalue weighted by atomic mass is 9.96. The van der Waals surface area contributed by atoms with E-state index in [0.29, 0.717) is 69.6 Å². The molecule has 2 heterocycles. The molecule has 2 amide bonds. The number of carbonyl (C=O) groups is 2. The van der Waals surface area contributed by atoms with Gasteiger partial charge in [0.1, 0.15) is 0 Å². The summed E-state index contributed by atoms with van der Waals surface area (Å²) in [4.78, 5) is 29.4. The van der Waals surface area contributed by atoms with Crippen LogP contribution in [0.2, 0.25) is 0 Å². The molecule has 2 aliphatic carbocycles. The molecule has 2 saturated heterocycles. The molecule has 0 atom stereocenters. The summed E-state index contributed by atoms with van der Waals surface area (Å²) < 4.78 is 27.9. The number of piperidine rings is 1. The number of amides is 2. The van der Waals surface area contributed by atoms with Gasteiger partial charge in [-0.3, -0.25) is 14.5 Å². The third-order valence-corrected chi connectivity index (χ3v) is 9.40. The molecule has 4 aliphatic rings. The lowest BCUT2D eigenvalue weighted by Crippen LogP contribution is -2.53. The van der Waals surface area contributed by atoms with Gasteiger partial charge in [0.2, 0.25) is 21.8 Å². The van der Waals surface area contributed by atoms with E-state index < -0.39 is 10.0 Å². The Hall–Kier alpha value is -1.97. The second kappa shape index (κ2) is 9.35. The van der Waals surface area contributed by atoms with E-state index >= 15 is 0 Å². The fraction of sp³-hybridized carbons (Fsp3) is 0.667. The minimum atomic E-state index is -3.52. The highest BCUT2D eigenvalue weighted by molar-refractivity contribution is 7.89. The van der Waals surface area contributed by atoms with Crippen molar-refractivity contribution in [2.75, 3.05) is 45.8 Å². The maximum Gasteiger partial charge on any atom is 0.243 e. The number of sulfonamides is 1. The van der Waals surface area contributed by atoms with Crippen molar-refractivity contribution in [3.63, 3.8) is 0 Å². The van der Waals surface area contributed by atoms with Crippen molar-refractivity contribution in [2.45, 2.75) is 55.9 Å². The van der Waals surface area contributed by atoms with Crippen LogP contribution < -0.4 is 5.32 Å². The zero-order valence-corrected chi connectivity index (χ0v) is 20.0. The lowest BCUT2D eigenvalue weighted by molar-refractivity contribution is -0.138. The molecule has 1 saturated carbocycles. The van der Waals surface area contributed by atoms with Gasteiger partial charge in [-0.15, -0.1) is 0 Å². The largest absolute Gasteiger partial charge is 0.352 e. The van der Waals surface area contributed by atoms with Crippen molar-refractivity contribution in [3.05, 3.63) is 29.3 Å². The van der Waals surface area contributed by atoms with E-state index in [1.54, 1.807) is 10.4 Å². The van der Waals surface area contributed by atoms with Crippen LogP contribution in [0.25, 0.3) is 0 Å². The Labute approximate surface area is 196 Å². The monoisotopic (exact) mass is 474 g/mol. The number of aryl methyl sites for hydroxylation is 2. The van der Waals surface area contributed by atoms with Crippen LogP contribution in [0.4, 0.5) is 0 Å². The van der Waals surface area contributed by atoms with E-state index in [1.807, 2.05) is 17.0 Å². The van der Waals surface area contributed by atoms with Gasteiger partial charge in [-0.25, -0.2) is 8.42 Å². The summed E-state index contributed by atoms with van der Waals surface area (Å²) in [6.45, 7) is 3.84. The van der Waals surface area contributed by atoms with Crippen LogP contribution in [0, 0.1) is 5.92 Å². The van der Waals surface area contributed by atoms with Crippen molar-refractivity contribution in [1.82, 2.24) is 19.4 Å². The summed E-state index contributed by atoms with van der Waals surface area (Å²) in [7, 11) is -3.52. The summed E-state index contributed by atoms with van der Waals surface area (Å²) in [6, 6.07) is 5.92. The molecule has 1 N–H and O–H groups in total. The molecule has 1 aromatic rings. The second-order valence-electron chi connectivity index (χ2n) is 9.91. The molecule has 0 spiro atoms. The Morgan fingerprint density at radius 1 is 0.909 bits per heavy atom. The molecule has 180 valence electrons. The number of nitrogens with one attached hydrogen (secondary N) is 1. The van der Waals surface area contributed by atoms with Gasteiger partial charge >= 0.3 is 0 Å². The molecule has 9 heteroatoms. The van der Waals surface area contributed by atoms with Crippen LogP contribution in [0.5, 0.6) is 0 Å². The van der Waals surface area contributed by atoms with Crippen LogP contribution in [0.3, 0.4) is 0 Å². The zero-order valence-electron chi connectivity index (χ0n) is 19.2. The predicted molar refractivity (Wildman–Crippen MR) is 124 cm³/mol. The number of fused-ring (bicyclic) bond motifs is 1. The first-order valence-electron chi connectivity index (χ1n) is 12.3. The third kappa shape index (κ3) is 5.10. The lowest BCUT2D eigenvalue weighted by Gasteiger charge is -2.38. The molecule has 0 bridgehead atoms. The molecule has 33 heavy (non-hydrogen) atoms. The maximum atomic E-state index is 13.2. The summed E-state index contributed by atoms with van der Waals surface area (Å²) in [5.74, 6) is 0.0853. The summed E-state index contributed by atoms with van der Waals surface area (Å²) >= 11 is 0. The van der Waals surface area contributed by atoms with E-state index in [0.717, 1.165) is 37.7 Å². The Kier molecular flexibility index (Phi) is 6.46. The van der Waals surface area contributed by atoms with Gasteiger partial charge in [-0.05, 0) is 68.2 Å². The zero-order chi connectivity index (χ0) is 23.0. The first kappa shape index (κ1) is 22.8. The molecular weight excluding hydrogens is 440 g/mol. The highest BCUT2D eigenvalue weighted by atomic mass is 32.2. The van der Waals surface area contributed by atoms with E-state index in [9.17, 15) is 18.0 Å². The summed E-state index contributed by atoms with van der Waals surface area (Å²) in [5.41, 5.74) is 2.42. The van der Waals surface area contributed by atoms with Crippen LogP contribution in [0.15, 0.2) is 23.1 Å². The van der Waals surface area contributed by atoms with Gasteiger partial charge in [0.15, 0.2) is 0 Å². The highest BCUT2D eigenvalue weighted by Gasteiger charge is 2.35. The molecular formula is C24H34N4O4S. The molecule has 0 aromatic heterocycles. The number of rotatable bonds is 6. The van der Waals surface area contributed by atoms with Gasteiger partial charge < -0.3 is 10.2 Å². The van der Waals surface area contributed by atoms with Crippen LogP contribution >= 0.6 is 0 Å². The molecule has 1 aromatic carbocycles. The SMILES string of the molecule is O=C(CN1CCN(C(=O)C2CCN(S(=O)(=O)c3ccc4c(c3)CCC4)CC2)CC1)NC1CC1. The Bertz CT molecular complexity index is 1010. The van der Waals surface area contributed by atoms with Crippen molar-refractivity contribution in [2.24, 2.45) is 5.92 Å². The normalized spacial score (nSPS) is 22.8. The number of hydrogen-bond donors (Lipinski definition) is 1. The summed E-state index contributed by atoms with van der Waals surface area (Å²) in [6.07, 6.45) is 6.37. The quantitative estimate of drug-likeness (QED) is 0.664. The standard InChI is InChI=1S/C24H34N4O4S/c29-23(25-21-5-6-21)17-26-12-14-27(15-13-26)24(30)19-8-10-28(11-9-19)33(31,32)22-7-4-18-2-1-3-20(18)16-22/h4,7,16,19,21H,1-3,5-6,8-15,17H2,(H,25,29). The van der Waals surface area contributed by atoms with Crippen molar-refractivity contribution in [3.8, 4) is 0 Å². The van der Waals surface area contributed by atoms with Crippen LogP contribution in [-0.4, -0.2) is 86.2 Å². The fourth-order valence-corrected chi connectivity index (χ4v) is 6.81. The Morgan fingerprint density at radius 2 is 1.61 bits per heavy atom. The van der Waals surface area contributed by atoms with Crippen LogP contribution in [0.1, 0.15) is 43.2 Å². The van der Waals surface area contributed by atoms with Gasteiger partial charge in [-0.2, -0.15) is 4.31 Å². The number of carbonyl (C=O) groups excluding carboxylic acids is 2. The average molecular weight is 475 g/mol. The predicted octanol–water partition coefficient (Wildman–Crippen LogP) is 0.999. The minimum absolute atomic E-state index is 0.0780. The van der Waals surface area contributed by atoms with Gasteiger partial charge in [-0.1, -0.05) is 6.07 Å². The fourth-order valence-electron chi connectivity index (χ4n) is 5.29. The first-order chi connectivity index (χ1) is 15.9. The first-order valence-corrected chi connectivity index (χ1v) is 13.8. The second-order valence-corrected chi connectivity index (χ2v) is 11.8. The summed E-state index contributed by atoms with van der Waals surface area (Å²) in [5, 5.41) is 3.01. The van der Waals surface area contributed by atoms with E-state index in [-0.39, 0.29) is 17.7 Å². The number of benzene rings is 1. The number of piperazine rings is 1. The molecule has 5 rings (SSSR count). The topological polar surface area (TPSA) is 90.0 Å². The maximum absolute atomic E-state index is 13.2. The van der Waals surface area contributed by atoms with Crippen molar-refractivity contribution >= 4 is 21.8 Å². The average Bonchev–Trinajstić information content (AvgIpc) is 3.50. The molecule has 0 radical (unpaired) electrons. The Morgan fingerprint density at radius 3 is 2.30 bits per heavy atom. The minimum Gasteiger partial charge on any atom is -0.352 e. The van der Waals surface area contributed by atoms with Gasteiger partial charge in [0.05, 0.1) is 11.4 Å². The number of hydrogen-bond acceptors (Lipinski definition) is 5. The van der Waals surface area contributed by atoms with Gasteiger partial charge in [0.25, 0.3) is 0 Å². The van der Waals surface area contributed by atoms with E-state index in [2.05, 4.69) is 10.2 Å². The van der Waals surface area contributed by atoms with Gasteiger partial charge in [0, 0.05) is 51.2 Å². The van der Waals surface area contributed by atoms with Crippen molar-refractivity contribution in [1.29, 1.82) is 0 Å². The molecule has 2 aliphatic heterocycles. The van der Waals surface area contributed by atoms with Crippen molar-refractivity contribution < 1.29 is 18.0 Å². The third-order valence-electron chi connectivity index (χ3n) is 7.50. The Balaban J connectivity index is 1.10. The smallest absolute Gasteiger partial charge is 0.243 e. The van der Waals surface area contributed by atoms with Crippen LogP contribution in [-0.2, 0) is 32.5 Å². The van der Waals surface area contributed by atoms with E-state index in [1.165, 1.54) is 5.56 Å². The molecule has 3 fully saturated rings. The molecule has 0 unspecified atom stereocenters. The van der Waals surface area contributed by atoms with E-state index in [4.69, 9.17) is 0 Å². The molecule has 8 nitrogen and oxygen atoms in total. The number of nitrogens with zero attached hydrogens (tertiary/aromatic N) is 3. The highest BCUT2D eigenvalue weighted by Crippen LogP contribution is 2.29.